The largest absolute Gasteiger partial charge is 0.462 e. The summed E-state index contributed by atoms with van der Waals surface area (Å²) in [5.74, 6) is -0.996. The number of rotatable bonds is 58. The van der Waals surface area contributed by atoms with Crippen LogP contribution in [0.1, 0.15) is 265 Å². The standard InChI is InChI=1S/C77H120O6/c1-4-7-10-13-16-19-22-25-28-31-34-36-38-40-43-46-49-52-55-58-61-64-67-70-76(79)82-73-74(72-81-75(78)69-66-63-60-57-54-51-48-45-42-33-30-27-24-21-18-15-12-9-6-3)83-77(80)71-68-65-62-59-56-53-50-47-44-41-39-37-35-32-29-26-23-20-17-14-11-8-5-2/h7-12,16-21,25-30,34-37,40,42-43,45,49,52,58,61,74H,4-6,13-15,22-24,31-33,38-39,41,44,46-48,50-51,53-57,59-60,62-73H2,1-3H3/b10-7-,11-8-,12-9-,19-16-,20-17-,21-18-,28-25-,29-26-,30-27-,36-34-,37-35-,43-40-,45-42-,52-49-,61-58-. The minimum Gasteiger partial charge on any atom is -0.462 e. The average molecular weight is 1140 g/mol. The van der Waals surface area contributed by atoms with Crippen molar-refractivity contribution in [3.8, 4) is 0 Å². The van der Waals surface area contributed by atoms with Crippen LogP contribution in [0.15, 0.2) is 182 Å². The maximum Gasteiger partial charge on any atom is 0.306 e. The van der Waals surface area contributed by atoms with Crippen LogP contribution < -0.4 is 0 Å². The molecule has 0 saturated carbocycles. The zero-order valence-corrected chi connectivity index (χ0v) is 53.1. The zero-order chi connectivity index (χ0) is 59.9. The second-order valence-corrected chi connectivity index (χ2v) is 21.2. The van der Waals surface area contributed by atoms with Crippen molar-refractivity contribution in [1.82, 2.24) is 0 Å². The van der Waals surface area contributed by atoms with Crippen molar-refractivity contribution < 1.29 is 28.6 Å². The van der Waals surface area contributed by atoms with Crippen LogP contribution in [0.4, 0.5) is 0 Å². The quantitative estimate of drug-likeness (QED) is 0.0261. The Bertz CT molecular complexity index is 1940. The first kappa shape index (κ1) is 77.5. The maximum absolute atomic E-state index is 13.0. The first-order valence-corrected chi connectivity index (χ1v) is 33.3. The molecule has 0 amide bonds. The molecule has 464 valence electrons. The fourth-order valence-corrected chi connectivity index (χ4v) is 8.53. The highest BCUT2D eigenvalue weighted by Crippen LogP contribution is 2.15. The summed E-state index contributed by atoms with van der Waals surface area (Å²) in [7, 11) is 0. The number of esters is 3. The van der Waals surface area contributed by atoms with Crippen LogP contribution in [0.3, 0.4) is 0 Å². The lowest BCUT2D eigenvalue weighted by Gasteiger charge is -2.18. The van der Waals surface area contributed by atoms with E-state index in [2.05, 4.69) is 203 Å². The summed E-state index contributed by atoms with van der Waals surface area (Å²) in [6, 6.07) is 0. The van der Waals surface area contributed by atoms with E-state index in [0.717, 1.165) is 154 Å². The SMILES string of the molecule is CC/C=C\C/C=C\C/C=C\C/C=C\C/C=C\C/C=C\C/C=C\CCCC(=O)OCC(COC(=O)CCCCCCCC/C=C\C/C=C\C/C=C\C/C=C\CC)OC(=O)CCCCCCCCCCCC/C=C\C/C=C\C/C=C\C/C=C\CC. The molecule has 0 rings (SSSR count). The first-order chi connectivity index (χ1) is 41.0. The van der Waals surface area contributed by atoms with E-state index < -0.39 is 6.10 Å². The van der Waals surface area contributed by atoms with E-state index in [1.54, 1.807) is 0 Å². The molecule has 83 heavy (non-hydrogen) atoms. The van der Waals surface area contributed by atoms with Crippen molar-refractivity contribution in [1.29, 1.82) is 0 Å². The van der Waals surface area contributed by atoms with Gasteiger partial charge in [-0.15, -0.1) is 0 Å². The normalized spacial score (nSPS) is 13.3. The lowest BCUT2D eigenvalue weighted by Crippen LogP contribution is -2.30. The number of allylic oxidation sites excluding steroid dienone is 30. The first-order valence-electron chi connectivity index (χ1n) is 33.3. The van der Waals surface area contributed by atoms with Gasteiger partial charge in [-0.1, -0.05) is 280 Å². The molecule has 0 aliphatic heterocycles. The number of unbranched alkanes of at least 4 members (excludes halogenated alkanes) is 17. The molecule has 1 atom stereocenters. The van der Waals surface area contributed by atoms with Crippen LogP contribution in [0.5, 0.6) is 0 Å². The molecule has 0 saturated heterocycles. The van der Waals surface area contributed by atoms with E-state index in [1.807, 2.05) is 0 Å². The lowest BCUT2D eigenvalue weighted by atomic mass is 10.0. The van der Waals surface area contributed by atoms with Gasteiger partial charge in [-0.05, 0) is 148 Å². The molecule has 0 aromatic rings. The molecular weight excluding hydrogens is 1020 g/mol. The Morgan fingerprint density at radius 1 is 0.241 bits per heavy atom. The number of carbonyl (C=O) groups is 3. The summed E-state index contributed by atoms with van der Waals surface area (Å²) in [5, 5.41) is 0. The van der Waals surface area contributed by atoms with Gasteiger partial charge in [0.25, 0.3) is 0 Å². The molecule has 0 radical (unpaired) electrons. The van der Waals surface area contributed by atoms with E-state index in [4.69, 9.17) is 14.2 Å². The van der Waals surface area contributed by atoms with E-state index >= 15 is 0 Å². The fraction of sp³-hybridized carbons (Fsp3) is 0.571. The minimum atomic E-state index is -0.823. The molecule has 0 aliphatic carbocycles. The molecule has 0 fully saturated rings. The highest BCUT2D eigenvalue weighted by molar-refractivity contribution is 5.71. The van der Waals surface area contributed by atoms with Gasteiger partial charge in [0.2, 0.25) is 0 Å². The van der Waals surface area contributed by atoms with Crippen LogP contribution >= 0.6 is 0 Å². The Morgan fingerprint density at radius 3 is 0.723 bits per heavy atom. The van der Waals surface area contributed by atoms with Gasteiger partial charge in [0.05, 0.1) is 0 Å². The molecule has 0 aromatic carbocycles. The molecular formula is C77H120O6. The molecule has 0 bridgehead atoms. The molecule has 1 unspecified atom stereocenters. The predicted molar refractivity (Wildman–Crippen MR) is 361 cm³/mol. The van der Waals surface area contributed by atoms with Crippen molar-refractivity contribution in [2.75, 3.05) is 13.2 Å². The maximum atomic E-state index is 13.0. The topological polar surface area (TPSA) is 78.9 Å². The van der Waals surface area contributed by atoms with Crippen LogP contribution in [-0.2, 0) is 28.6 Å². The zero-order valence-electron chi connectivity index (χ0n) is 53.1. The fourth-order valence-electron chi connectivity index (χ4n) is 8.53. The van der Waals surface area contributed by atoms with Crippen molar-refractivity contribution in [3.05, 3.63) is 182 Å². The third-order valence-electron chi connectivity index (χ3n) is 13.4. The third-order valence-corrected chi connectivity index (χ3v) is 13.4. The second-order valence-electron chi connectivity index (χ2n) is 21.2. The van der Waals surface area contributed by atoms with Gasteiger partial charge in [-0.25, -0.2) is 0 Å². The summed E-state index contributed by atoms with van der Waals surface area (Å²) >= 11 is 0. The number of hydrogen-bond acceptors (Lipinski definition) is 6. The van der Waals surface area contributed by atoms with Gasteiger partial charge in [0, 0.05) is 19.3 Å². The molecule has 6 nitrogen and oxygen atoms in total. The summed E-state index contributed by atoms with van der Waals surface area (Å²) in [5.41, 5.74) is 0. The minimum absolute atomic E-state index is 0.114. The number of hydrogen-bond donors (Lipinski definition) is 0. The van der Waals surface area contributed by atoms with Crippen LogP contribution in [0.2, 0.25) is 0 Å². The average Bonchev–Trinajstić information content (AvgIpc) is 3.49. The molecule has 0 aliphatic rings. The smallest absolute Gasteiger partial charge is 0.306 e. The van der Waals surface area contributed by atoms with Gasteiger partial charge in [-0.2, -0.15) is 0 Å². The highest BCUT2D eigenvalue weighted by Gasteiger charge is 2.19. The Labute approximate surface area is 510 Å². The Morgan fingerprint density at radius 2 is 0.446 bits per heavy atom. The monoisotopic (exact) mass is 1140 g/mol. The van der Waals surface area contributed by atoms with Crippen molar-refractivity contribution in [2.45, 2.75) is 271 Å². The van der Waals surface area contributed by atoms with E-state index in [-0.39, 0.29) is 37.5 Å². The predicted octanol–water partition coefficient (Wildman–Crippen LogP) is 23.2. The van der Waals surface area contributed by atoms with Gasteiger partial charge in [-0.3, -0.25) is 14.4 Å². The van der Waals surface area contributed by atoms with Crippen molar-refractivity contribution >= 4 is 17.9 Å². The molecule has 0 aromatic heterocycles. The van der Waals surface area contributed by atoms with Gasteiger partial charge >= 0.3 is 17.9 Å². The molecule has 6 heteroatoms. The van der Waals surface area contributed by atoms with Crippen LogP contribution in [-0.4, -0.2) is 37.2 Å². The molecule has 0 heterocycles. The summed E-state index contributed by atoms with van der Waals surface area (Å²) in [6.07, 6.45) is 103. The van der Waals surface area contributed by atoms with Gasteiger partial charge in [0.15, 0.2) is 6.10 Å². The lowest BCUT2D eigenvalue weighted by molar-refractivity contribution is -0.167. The van der Waals surface area contributed by atoms with Crippen LogP contribution in [0, 0.1) is 0 Å². The van der Waals surface area contributed by atoms with Crippen molar-refractivity contribution in [2.24, 2.45) is 0 Å². The van der Waals surface area contributed by atoms with Crippen molar-refractivity contribution in [3.63, 3.8) is 0 Å². The van der Waals surface area contributed by atoms with E-state index in [9.17, 15) is 14.4 Å². The Balaban J connectivity index is 4.55. The number of ether oxygens (including phenoxy) is 3. The highest BCUT2D eigenvalue weighted by atomic mass is 16.6. The van der Waals surface area contributed by atoms with E-state index in [0.29, 0.717) is 19.3 Å². The molecule has 0 N–H and O–H groups in total. The Kier molecular flexibility index (Phi) is 64.4. The molecule has 0 spiro atoms. The Hall–Kier alpha value is -5.49. The number of carbonyl (C=O) groups excluding carboxylic acids is 3. The summed E-state index contributed by atoms with van der Waals surface area (Å²) in [6.45, 7) is 6.24. The van der Waals surface area contributed by atoms with Crippen LogP contribution in [0.25, 0.3) is 0 Å². The van der Waals surface area contributed by atoms with E-state index in [1.165, 1.54) is 64.2 Å². The third kappa shape index (κ3) is 67.2. The van der Waals surface area contributed by atoms with Gasteiger partial charge < -0.3 is 14.2 Å². The summed E-state index contributed by atoms with van der Waals surface area (Å²) in [4.78, 5) is 38.4. The second kappa shape index (κ2) is 69.0. The van der Waals surface area contributed by atoms with Gasteiger partial charge in [0.1, 0.15) is 13.2 Å². The summed E-state index contributed by atoms with van der Waals surface area (Å²) < 4.78 is 16.9.